The summed E-state index contributed by atoms with van der Waals surface area (Å²) >= 11 is 6.45. The first-order chi connectivity index (χ1) is 64.9. The smallest absolute Gasteiger partial charge is 0.466 e. The number of nitrogens with zero attached hydrogens (tertiary/aromatic N) is 4. The molecule has 0 saturated carbocycles. The van der Waals surface area contributed by atoms with E-state index in [1.807, 2.05) is 67.6 Å². The van der Waals surface area contributed by atoms with E-state index in [9.17, 15) is 115 Å². The molecule has 48 nitrogen and oxygen atoms in total. The third kappa shape index (κ3) is 38.5. The number of hydrogen-bond acceptors (Lipinski definition) is 45. The Labute approximate surface area is 808 Å². The lowest BCUT2D eigenvalue weighted by Gasteiger charge is -2.43. The number of fused-ring (bicyclic) bond motifs is 2. The fraction of sp³-hybridized carbons (Fsp3) is 0.549. The quantitative estimate of drug-likeness (QED) is 0.0103. The van der Waals surface area contributed by atoms with Gasteiger partial charge in [-0.1, -0.05) is 114 Å². The fourth-order valence-electron chi connectivity index (χ4n) is 12.5. The van der Waals surface area contributed by atoms with Crippen LogP contribution in [0.4, 0.5) is 24.0 Å². The van der Waals surface area contributed by atoms with E-state index in [-0.39, 0.29) is 198 Å². The van der Waals surface area contributed by atoms with Crippen molar-refractivity contribution in [3.8, 4) is 0 Å². The molecular formula is C82H113ClN6O42S6Si. The van der Waals surface area contributed by atoms with Gasteiger partial charge in [-0.3, -0.25) is 62.5 Å². The molecule has 56 heteroatoms. The summed E-state index contributed by atoms with van der Waals surface area (Å²) in [4.78, 5) is 203. The highest BCUT2D eigenvalue weighted by molar-refractivity contribution is 7.97. The lowest BCUT2D eigenvalue weighted by atomic mass is 10.0. The molecule has 5 aliphatic rings. The first-order valence-corrected chi connectivity index (χ1v) is 52.9. The van der Waals surface area contributed by atoms with Gasteiger partial charge in [0.25, 0.3) is 35.4 Å². The molecular weight excluding hydrogens is 2000 g/mol. The zero-order chi connectivity index (χ0) is 104. The maximum Gasteiger partial charge on any atom is 0.560 e. The van der Waals surface area contributed by atoms with Crippen LogP contribution in [0.1, 0.15) is 176 Å². The lowest BCUT2D eigenvalue weighted by molar-refractivity contribution is -0.198. The number of aliphatic hydroxyl groups is 3. The molecule has 7 amide bonds. The maximum absolute atomic E-state index is 14.2. The third-order valence-electron chi connectivity index (χ3n) is 19.0. The SMILES string of the molecule is CCN[C@H]1C[C@H](C)S(=O)(=O)c2sc(S(=O)(=O)C[Si](c3ccccc3)(c3ccccc3)C(C)(C)C)cc21.CCOC(=O)CCC(=O)Cl.CCOC(=O)CCC(=O)OCCO.CCOC(=O)OCC(=O)OCCOC(=O)N(CC)[C@H]1C[C@H](C)S(=O)(=O)c2sc(S(N)(=O)=O)cc21.CCOC(=O)OCC(=O)OCCOC(=O)ON1C(=O)CCC1=O.O=C(ON1C(=O)CCC1=O)ON1C(=O)CCC1=O.OCCO. The summed E-state index contributed by atoms with van der Waals surface area (Å²) < 4.78 is 154. The van der Waals surface area contributed by atoms with Crippen molar-refractivity contribution in [2.24, 2.45) is 5.14 Å². The number of rotatable bonds is 36. The number of carbonyl (C=O) groups excluding carboxylic acids is 17. The van der Waals surface area contributed by atoms with E-state index in [2.05, 4.69) is 83.2 Å². The number of carbonyl (C=O) groups is 17. The Morgan fingerprint density at radius 3 is 1.23 bits per heavy atom. The van der Waals surface area contributed by atoms with Gasteiger partial charge in [0.2, 0.25) is 15.3 Å². The number of amides is 7. The second kappa shape index (κ2) is 59.2. The summed E-state index contributed by atoms with van der Waals surface area (Å²) in [7, 11) is -18.2. The van der Waals surface area contributed by atoms with Gasteiger partial charge < -0.3 is 77.6 Å². The van der Waals surface area contributed by atoms with Crippen LogP contribution in [0.25, 0.3) is 0 Å². The number of nitrogens with one attached hydrogen (secondary N) is 1. The Morgan fingerprint density at radius 1 is 0.478 bits per heavy atom. The van der Waals surface area contributed by atoms with Crippen molar-refractivity contribution in [2.45, 2.75) is 198 Å². The summed E-state index contributed by atoms with van der Waals surface area (Å²) in [5.41, 5.74) is 0.759. The van der Waals surface area contributed by atoms with Gasteiger partial charge in [-0.15, -0.1) is 22.7 Å². The molecule has 0 aliphatic carbocycles. The van der Waals surface area contributed by atoms with Gasteiger partial charge in [-0.05, 0) is 102 Å². The number of thiophene rings is 2. The molecule has 3 fully saturated rings. The van der Waals surface area contributed by atoms with Gasteiger partial charge in [0.05, 0.1) is 87.4 Å². The normalized spacial score (nSPS) is 16.5. The largest absolute Gasteiger partial charge is 0.560 e. The van der Waals surface area contributed by atoms with Crippen molar-refractivity contribution in [2.75, 3.05) is 111 Å². The van der Waals surface area contributed by atoms with Gasteiger partial charge in [0.15, 0.2) is 42.7 Å². The summed E-state index contributed by atoms with van der Waals surface area (Å²) in [5.74, 6) is -7.06. The number of primary sulfonamides is 1. The molecule has 7 heterocycles. The number of hydroxylamine groups is 6. The molecule has 0 radical (unpaired) electrons. The van der Waals surface area contributed by atoms with E-state index in [1.165, 1.54) is 17.9 Å². The molecule has 3 saturated heterocycles. The predicted octanol–water partition coefficient (Wildman–Crippen LogP) is 4.64. The number of aliphatic hydroxyl groups excluding tert-OH is 3. The summed E-state index contributed by atoms with van der Waals surface area (Å²) in [6.07, 6.45) is -5.31. The van der Waals surface area contributed by atoms with Crippen LogP contribution in [0.15, 0.2) is 89.6 Å². The summed E-state index contributed by atoms with van der Waals surface area (Å²) in [6, 6.07) is 21.8. The van der Waals surface area contributed by atoms with Crippen LogP contribution in [0.5, 0.6) is 0 Å². The molecule has 138 heavy (non-hydrogen) atoms. The number of esters is 5. The van der Waals surface area contributed by atoms with E-state index in [4.69, 9.17) is 41.5 Å². The number of imide groups is 3. The Morgan fingerprint density at radius 2 is 0.848 bits per heavy atom. The first-order valence-electron chi connectivity index (χ1n) is 42.4. The van der Waals surface area contributed by atoms with E-state index >= 15 is 0 Å². The standard InChI is InChI=1S/C27H35NO4S3Si.C18H26N2O11S3.C12H15NO10.C9H8N2O7.C8H14O5.C6H9ClO3.C2H6O2/c1-6-28-24-17-20(2)35(31,32)26-23(24)18-25(33-26)34(29,30)19-36(27(3,4)5,21-13-9-7-10-14-21)22-15-11-8-12-16-22;1-4-20(17(22)30-7-6-29-14(21)10-31-18(23)28-5-2)13-8-11(3)33(24,25)16-12(13)9-15(32-16)34(19,26)27;1-2-19-11(17)22-7-10(16)20-5-6-21-12(18)23-13-8(14)3-4-9(13)15;12-5-1-2-6(13)10(5)17-9(16)18-11-7(14)3-4-8(11)15;1-2-12-7(10)3-4-8(11)13-6-5-9;1-2-10-6(9)4-3-5(7)8;3-1-2-4/h7-16,18,20,24,28H,6,17,19H2,1-5H3;9,11,13H,4-8,10H2,1-3H3,(H2,19,26,27);2-7H2,1H3;1-4H2;9H,2-6H2,1H3;2-4H2,1H3;3-4H,1-2H2/t20-,24-;11-,13-;;;;;/m00...../s1. The zero-order valence-corrected chi connectivity index (χ0v) is 83.9. The van der Waals surface area contributed by atoms with Crippen molar-refractivity contribution in [1.82, 2.24) is 25.4 Å². The van der Waals surface area contributed by atoms with Crippen molar-refractivity contribution >= 4 is 194 Å². The average Bonchev–Trinajstić information content (AvgIpc) is 1.48. The minimum Gasteiger partial charge on any atom is -0.466 e. The number of halogens is 1. The van der Waals surface area contributed by atoms with E-state index in [0.717, 1.165) is 21.7 Å². The van der Waals surface area contributed by atoms with E-state index in [0.29, 0.717) is 48.1 Å². The maximum atomic E-state index is 14.2. The van der Waals surface area contributed by atoms with E-state index in [1.54, 1.807) is 47.6 Å². The van der Waals surface area contributed by atoms with Crippen LogP contribution in [-0.2, 0) is 164 Å². The van der Waals surface area contributed by atoms with E-state index < -0.39 is 173 Å². The highest BCUT2D eigenvalue weighted by Crippen LogP contribution is 2.47. The van der Waals surface area contributed by atoms with Crippen LogP contribution in [0.3, 0.4) is 0 Å². The lowest BCUT2D eigenvalue weighted by Crippen LogP contribution is -2.68. The van der Waals surface area contributed by atoms with Gasteiger partial charge in [-0.2, -0.15) is 4.79 Å². The highest BCUT2D eigenvalue weighted by Gasteiger charge is 2.52. The molecule has 0 spiro atoms. The second-order valence-electron chi connectivity index (χ2n) is 29.6. The van der Waals surface area contributed by atoms with Crippen LogP contribution >= 0.6 is 34.3 Å². The molecule has 9 rings (SSSR count). The third-order valence-corrected chi connectivity index (χ3v) is 38.4. The molecule has 2 aromatic carbocycles. The van der Waals surface area contributed by atoms with Crippen LogP contribution in [-0.4, -0.2) is 300 Å². The van der Waals surface area contributed by atoms with Gasteiger partial charge in [0, 0.05) is 63.1 Å². The van der Waals surface area contributed by atoms with Crippen LogP contribution in [0.2, 0.25) is 5.04 Å². The van der Waals surface area contributed by atoms with Crippen LogP contribution in [0, 0.1) is 0 Å². The number of benzene rings is 2. The second-order valence-corrected chi connectivity index (χ2v) is 46.6. The topological polar surface area (TPSA) is 668 Å². The van der Waals surface area contributed by atoms with Crippen molar-refractivity contribution in [1.29, 1.82) is 0 Å². The van der Waals surface area contributed by atoms with Crippen molar-refractivity contribution < 1.29 is 197 Å². The number of sulfonamides is 1. The minimum absolute atomic E-state index is 0.00116. The molecule has 4 atom stereocenters. The van der Waals surface area contributed by atoms with Crippen molar-refractivity contribution in [3.63, 3.8) is 0 Å². The Balaban J connectivity index is 0.000000443. The summed E-state index contributed by atoms with van der Waals surface area (Å²) in [5, 5.41) is 32.7. The number of nitrogens with two attached hydrogens (primary N) is 1. The molecule has 0 unspecified atom stereocenters. The van der Waals surface area contributed by atoms with Crippen molar-refractivity contribution in [3.05, 3.63) is 83.9 Å². The highest BCUT2D eigenvalue weighted by atomic mass is 35.5. The predicted molar refractivity (Wildman–Crippen MR) is 481 cm³/mol. The molecule has 2 aromatic heterocycles. The number of hydrogen-bond donors (Lipinski definition) is 5. The number of ether oxygens (including phenoxy) is 11. The fourth-order valence-corrected chi connectivity index (χ4v) is 31.5. The van der Waals surface area contributed by atoms with Crippen LogP contribution < -0.4 is 20.8 Å². The first kappa shape index (κ1) is 121. The molecule has 5 aliphatic heterocycles. The minimum atomic E-state index is -4.15. The van der Waals surface area contributed by atoms with Gasteiger partial charge in [-0.25, -0.2) is 67.6 Å². The van der Waals surface area contributed by atoms with Gasteiger partial charge >= 0.3 is 60.6 Å². The Kier molecular flexibility index (Phi) is 51.9. The molecule has 6 N–H and O–H groups in total. The molecule has 770 valence electrons. The molecule has 4 aromatic rings. The zero-order valence-electron chi connectivity index (χ0n) is 77.2. The van der Waals surface area contributed by atoms with Gasteiger partial charge in [0.1, 0.15) is 57.9 Å². The monoisotopic (exact) mass is 2110 g/mol. The molecule has 0 bridgehead atoms. The average molecular weight is 2110 g/mol. The number of sulfone groups is 3. The Bertz CT molecular complexity index is 5200. The Hall–Kier alpha value is -11.3. The summed E-state index contributed by atoms with van der Waals surface area (Å²) in [6.45, 7) is 18.2.